The highest BCUT2D eigenvalue weighted by Gasteiger charge is 2.57. The number of hydrogen-bond donors (Lipinski definition) is 3. The molecule has 3 heterocycles. The fraction of sp³-hybridized carbons (Fsp3) is 0.444. The number of H-pyrrole nitrogens is 1. The van der Waals surface area contributed by atoms with Gasteiger partial charge in [0.2, 0.25) is 0 Å². The van der Waals surface area contributed by atoms with Crippen LogP contribution in [0.1, 0.15) is 24.3 Å². The Morgan fingerprint density at radius 1 is 1.45 bits per heavy atom. The number of ether oxygens (including phenoxy) is 1. The predicted octanol–water partition coefficient (Wildman–Crippen LogP) is 2.17. The standard InChI is InChI=1S/C18H20FN2O8PS/c1-9-4-3-5-11-7-26-30(25,29-13(9)11)27-8-18(19)14(23)12(22)16(28-18)21-6-10(2)15(24)20-17(21)31/h3-6,12,14,16,22-23H,7-8H2,1-2H3,(H,20,24,31)/t12-,14+,16-,18-,30?/m1/s1/i16D. The van der Waals surface area contributed by atoms with E-state index in [4.69, 9.17) is 31.9 Å². The minimum absolute atomic E-state index is 0.102. The molecule has 1 unspecified atom stereocenters. The van der Waals surface area contributed by atoms with E-state index in [-0.39, 0.29) is 22.7 Å². The molecule has 31 heavy (non-hydrogen) atoms. The molecule has 13 heteroatoms. The number of para-hydroxylation sites is 1. The number of aliphatic hydroxyl groups excluding tert-OH is 2. The number of hydrogen-bond acceptors (Lipinski definition) is 9. The largest absolute Gasteiger partial charge is 0.530 e. The first kappa shape index (κ1) is 21.0. The van der Waals surface area contributed by atoms with Gasteiger partial charge in [-0.05, 0) is 31.6 Å². The molecule has 0 radical (unpaired) electrons. The molecule has 3 N–H and O–H groups in total. The molecule has 2 aliphatic heterocycles. The third-order valence-electron chi connectivity index (χ3n) is 4.92. The van der Waals surface area contributed by atoms with Gasteiger partial charge in [-0.3, -0.25) is 23.4 Å². The van der Waals surface area contributed by atoms with E-state index in [0.717, 1.165) is 10.8 Å². The smallest absolute Gasteiger partial charge is 0.403 e. The monoisotopic (exact) mass is 475 g/mol. The van der Waals surface area contributed by atoms with Gasteiger partial charge in [0.1, 0.15) is 24.6 Å². The van der Waals surface area contributed by atoms with Crippen LogP contribution in [0.25, 0.3) is 0 Å². The van der Waals surface area contributed by atoms with Crippen molar-refractivity contribution in [3.8, 4) is 5.75 Å². The molecule has 1 fully saturated rings. The minimum Gasteiger partial charge on any atom is -0.403 e. The van der Waals surface area contributed by atoms with Gasteiger partial charge in [0.05, 0.1) is 7.98 Å². The van der Waals surface area contributed by atoms with Crippen LogP contribution in [0.4, 0.5) is 4.39 Å². The maximum atomic E-state index is 15.5. The Balaban J connectivity index is 1.58. The van der Waals surface area contributed by atoms with Crippen LogP contribution in [-0.4, -0.2) is 44.4 Å². The van der Waals surface area contributed by atoms with E-state index in [2.05, 4.69) is 4.98 Å². The number of aromatic amines is 1. The molecule has 0 amide bonds. The maximum Gasteiger partial charge on any atom is 0.530 e. The highest BCUT2D eigenvalue weighted by atomic mass is 32.1. The number of nitrogens with zero attached hydrogens (tertiary/aromatic N) is 1. The molecule has 168 valence electrons. The summed E-state index contributed by atoms with van der Waals surface area (Å²) in [4.78, 5) is 14.0. The summed E-state index contributed by atoms with van der Waals surface area (Å²) in [5.41, 5.74) is 0.837. The average molecular weight is 475 g/mol. The van der Waals surface area contributed by atoms with E-state index in [1.54, 1.807) is 25.1 Å². The fourth-order valence-electron chi connectivity index (χ4n) is 3.18. The normalized spacial score (nSPS) is 35.3. The lowest BCUT2D eigenvalue weighted by atomic mass is 10.1. The number of phosphoric acid groups is 1. The van der Waals surface area contributed by atoms with E-state index in [1.165, 1.54) is 6.92 Å². The van der Waals surface area contributed by atoms with Crippen LogP contribution in [0.5, 0.6) is 5.75 Å². The maximum absolute atomic E-state index is 15.5. The van der Waals surface area contributed by atoms with Crippen molar-refractivity contribution in [3.05, 3.63) is 56.2 Å². The molecule has 10 nitrogen and oxygen atoms in total. The van der Waals surface area contributed by atoms with Crippen LogP contribution in [0, 0.1) is 18.6 Å². The van der Waals surface area contributed by atoms with Crippen LogP contribution in [0.2, 0.25) is 0 Å². The van der Waals surface area contributed by atoms with E-state index in [1.807, 2.05) is 0 Å². The van der Waals surface area contributed by atoms with Gasteiger partial charge in [-0.25, -0.2) is 8.96 Å². The summed E-state index contributed by atoms with van der Waals surface area (Å²) in [5.74, 6) is -2.91. The lowest BCUT2D eigenvalue weighted by molar-refractivity contribution is -0.205. The Kier molecular flexibility index (Phi) is 5.33. The van der Waals surface area contributed by atoms with Crippen LogP contribution in [0.15, 0.2) is 29.2 Å². The number of benzene rings is 1. The predicted molar refractivity (Wildman–Crippen MR) is 107 cm³/mol. The minimum atomic E-state index is -4.30. The van der Waals surface area contributed by atoms with Gasteiger partial charge in [0.15, 0.2) is 11.0 Å². The van der Waals surface area contributed by atoms with Crippen molar-refractivity contribution >= 4 is 20.0 Å². The number of alkyl halides is 1. The number of rotatable bonds is 4. The van der Waals surface area contributed by atoms with E-state index < -0.39 is 44.3 Å². The van der Waals surface area contributed by atoms with Crippen molar-refractivity contribution in [3.63, 3.8) is 0 Å². The summed E-state index contributed by atoms with van der Waals surface area (Å²) in [5, 5.41) is 20.7. The number of halogens is 1. The van der Waals surface area contributed by atoms with Gasteiger partial charge in [0, 0.05) is 17.3 Å². The molecule has 0 aliphatic carbocycles. The molecule has 1 aromatic heterocycles. The summed E-state index contributed by atoms with van der Waals surface area (Å²) in [6, 6.07) is 5.18. The number of aromatic nitrogens is 2. The molecular formula is C18H20FN2O8PS. The van der Waals surface area contributed by atoms with Crippen LogP contribution in [0.3, 0.4) is 0 Å². The van der Waals surface area contributed by atoms with Gasteiger partial charge in [-0.15, -0.1) is 0 Å². The number of nitrogens with one attached hydrogen (secondary N) is 1. The topological polar surface area (TPSA) is 132 Å². The van der Waals surface area contributed by atoms with Crippen molar-refractivity contribution < 1.29 is 38.8 Å². The zero-order chi connectivity index (χ0) is 23.5. The summed E-state index contributed by atoms with van der Waals surface area (Å²) in [6.07, 6.45) is -6.01. The highest BCUT2D eigenvalue weighted by molar-refractivity contribution is 7.71. The summed E-state index contributed by atoms with van der Waals surface area (Å²) < 4.78 is 57.9. The average Bonchev–Trinajstić information content (AvgIpc) is 2.91. The number of aryl methyl sites for hydroxylation is 2. The van der Waals surface area contributed by atoms with Crippen molar-refractivity contribution in [2.24, 2.45) is 0 Å². The zero-order valence-corrected chi connectivity index (χ0v) is 18.1. The molecule has 4 rings (SSSR count). The van der Waals surface area contributed by atoms with Gasteiger partial charge < -0.3 is 19.5 Å². The Bertz CT molecular complexity index is 1240. The number of fused-ring (bicyclic) bond motifs is 1. The summed E-state index contributed by atoms with van der Waals surface area (Å²) in [7, 11) is -4.30. The summed E-state index contributed by atoms with van der Waals surface area (Å²) in [6.45, 7) is 1.81. The van der Waals surface area contributed by atoms with E-state index >= 15 is 4.39 Å². The Morgan fingerprint density at radius 2 is 2.19 bits per heavy atom. The lowest BCUT2D eigenvalue weighted by Gasteiger charge is -2.29. The zero-order valence-electron chi connectivity index (χ0n) is 17.4. The molecule has 1 aromatic carbocycles. The molecule has 5 atom stereocenters. The molecule has 2 aliphatic rings. The van der Waals surface area contributed by atoms with Gasteiger partial charge >= 0.3 is 7.82 Å². The Labute approximate surface area is 182 Å². The number of phosphoric ester groups is 1. The first-order valence-electron chi connectivity index (χ1n) is 9.64. The second-order valence-corrected chi connectivity index (χ2v) is 9.19. The third-order valence-corrected chi connectivity index (χ3v) is 6.52. The first-order chi connectivity index (χ1) is 14.9. The molecule has 0 saturated carbocycles. The second kappa shape index (κ2) is 7.89. The van der Waals surface area contributed by atoms with Crippen LogP contribution < -0.4 is 10.1 Å². The van der Waals surface area contributed by atoms with Crippen molar-refractivity contribution in [1.29, 1.82) is 0 Å². The van der Waals surface area contributed by atoms with Gasteiger partial charge in [-0.2, -0.15) is 0 Å². The van der Waals surface area contributed by atoms with E-state index in [0.29, 0.717) is 11.1 Å². The first-order valence-corrected chi connectivity index (χ1v) is 11.0. The quantitative estimate of drug-likeness (QED) is 0.450. The lowest BCUT2D eigenvalue weighted by Crippen LogP contribution is -2.43. The fourth-order valence-corrected chi connectivity index (χ4v) is 4.71. The second-order valence-electron chi connectivity index (χ2n) is 7.21. The molecule has 0 spiro atoms. The summed E-state index contributed by atoms with van der Waals surface area (Å²) >= 11 is 4.98. The van der Waals surface area contributed by atoms with Crippen molar-refractivity contribution in [1.82, 2.24) is 9.55 Å². The molecule has 0 bridgehead atoms. The van der Waals surface area contributed by atoms with Crippen molar-refractivity contribution in [2.75, 3.05) is 6.61 Å². The number of aliphatic hydroxyl groups is 2. The van der Waals surface area contributed by atoms with Crippen molar-refractivity contribution in [2.45, 2.75) is 44.7 Å². The molecule has 1 saturated heterocycles. The third kappa shape index (κ3) is 4.00. The van der Waals surface area contributed by atoms with Gasteiger partial charge in [0.25, 0.3) is 11.4 Å². The Hall–Kier alpha value is -1.92. The highest BCUT2D eigenvalue weighted by Crippen LogP contribution is 2.56. The van der Waals surface area contributed by atoms with Crippen LogP contribution in [-0.2, 0) is 25.0 Å². The molecule has 2 aromatic rings. The van der Waals surface area contributed by atoms with Crippen LogP contribution >= 0.6 is 20.0 Å². The van der Waals surface area contributed by atoms with E-state index in [9.17, 15) is 19.6 Å². The van der Waals surface area contributed by atoms with Gasteiger partial charge in [-0.1, -0.05) is 18.2 Å². The SMILES string of the molecule is [2H][C@@]1(n2cc(C)c(=O)[nH]c2=S)O[C@](F)(COP2(=O)OCc3cccc(C)c3O2)[C@@H](O)[C@H]1O. The molecular weight excluding hydrogens is 454 g/mol. The Morgan fingerprint density at radius 3 is 2.94 bits per heavy atom.